The van der Waals surface area contributed by atoms with Crippen LogP contribution in [0, 0.1) is 0 Å². The van der Waals surface area contributed by atoms with Crippen molar-refractivity contribution in [2.45, 2.75) is 24.8 Å². The van der Waals surface area contributed by atoms with Crippen molar-refractivity contribution in [2.24, 2.45) is 0 Å². The summed E-state index contributed by atoms with van der Waals surface area (Å²) in [4.78, 5) is 40.0. The molecule has 1 unspecified atom stereocenters. The first kappa shape index (κ1) is 29.1. The molecule has 1 fully saturated rings. The number of aromatic amines is 1. The van der Waals surface area contributed by atoms with Gasteiger partial charge in [0.1, 0.15) is 6.04 Å². The number of carbonyl (C=O) groups is 2. The minimum atomic E-state index is -0.762. The number of fused-ring (bicyclic) bond motifs is 2. The van der Waals surface area contributed by atoms with E-state index in [0.29, 0.717) is 44.3 Å². The van der Waals surface area contributed by atoms with Crippen molar-refractivity contribution in [3.63, 3.8) is 0 Å². The Bertz CT molecular complexity index is 1590. The summed E-state index contributed by atoms with van der Waals surface area (Å²) in [5.74, 6) is -0.353. The molecule has 0 saturated carbocycles. The number of benzene rings is 3. The second kappa shape index (κ2) is 12.7. The molecule has 2 atom stereocenters. The third-order valence-corrected chi connectivity index (χ3v) is 8.99. The molecule has 2 N–H and O–H groups in total. The number of hydrogen-bond donors (Lipinski definition) is 2. The van der Waals surface area contributed by atoms with Crippen LogP contribution in [0.4, 0.5) is 16.2 Å². The quantitative estimate of drug-likeness (QED) is 0.301. The number of rotatable bonds is 7. The summed E-state index contributed by atoms with van der Waals surface area (Å²) in [6, 6.07) is 23.1. The van der Waals surface area contributed by atoms with Crippen molar-refractivity contribution in [3.05, 3.63) is 95.1 Å². The van der Waals surface area contributed by atoms with Gasteiger partial charge in [-0.15, -0.1) is 0 Å². The van der Waals surface area contributed by atoms with Crippen molar-refractivity contribution >= 4 is 45.8 Å². The summed E-state index contributed by atoms with van der Waals surface area (Å²) in [6.07, 6.45) is 3.83. The van der Waals surface area contributed by atoms with Gasteiger partial charge in [-0.05, 0) is 62.3 Å². The molecule has 3 heterocycles. The van der Waals surface area contributed by atoms with Crippen molar-refractivity contribution in [3.8, 4) is 0 Å². The number of nitrogens with one attached hydrogen (secondary N) is 2. The summed E-state index contributed by atoms with van der Waals surface area (Å²) >= 11 is 6.45. The largest absolute Gasteiger partial charge is 0.367 e. The molecule has 224 valence electrons. The molecule has 2 aliphatic heterocycles. The first-order chi connectivity index (χ1) is 20.9. The molecule has 2 aliphatic rings. The standard InChI is InChI=1S/C34H39ClN6O2/c1-38(2)23-27(26-22-36-29-14-6-4-12-25(26)29)32(33(42)41-17-9-11-24-10-3-7-15-30(24)41)37-34(43)40-20-18-39(19-21-40)31-16-8-5-13-28(31)35/h3-8,10,12-16,22,27,32,36H,9,11,17-21,23H2,1-2H3,(H,37,43)/t27?,32-/m1/s1. The average molecular weight is 599 g/mol. The van der Waals surface area contributed by atoms with Gasteiger partial charge < -0.3 is 29.9 Å². The topological polar surface area (TPSA) is 74.9 Å². The predicted octanol–water partition coefficient (Wildman–Crippen LogP) is 5.35. The molecule has 8 nitrogen and oxygen atoms in total. The fourth-order valence-electron chi connectivity index (χ4n) is 6.53. The van der Waals surface area contributed by atoms with Crippen LogP contribution in [0.5, 0.6) is 0 Å². The number of urea groups is 1. The number of H-pyrrole nitrogens is 1. The number of anilines is 2. The van der Waals surface area contributed by atoms with E-state index >= 15 is 0 Å². The Labute approximate surface area is 258 Å². The van der Waals surface area contributed by atoms with Gasteiger partial charge in [-0.2, -0.15) is 0 Å². The van der Waals surface area contributed by atoms with Crippen molar-refractivity contribution < 1.29 is 9.59 Å². The van der Waals surface area contributed by atoms with Gasteiger partial charge in [0.2, 0.25) is 5.91 Å². The molecule has 0 aliphatic carbocycles. The van der Waals surface area contributed by atoms with Crippen LogP contribution >= 0.6 is 11.6 Å². The maximum Gasteiger partial charge on any atom is 0.318 e. The van der Waals surface area contributed by atoms with Gasteiger partial charge in [-0.3, -0.25) is 4.79 Å². The zero-order valence-corrected chi connectivity index (χ0v) is 25.6. The van der Waals surface area contributed by atoms with E-state index < -0.39 is 6.04 Å². The fourth-order valence-corrected chi connectivity index (χ4v) is 6.78. The second-order valence-corrected chi connectivity index (χ2v) is 12.1. The number of aromatic nitrogens is 1. The second-order valence-electron chi connectivity index (χ2n) is 11.7. The van der Waals surface area contributed by atoms with Gasteiger partial charge in [-0.25, -0.2) is 4.79 Å². The first-order valence-corrected chi connectivity index (χ1v) is 15.4. The van der Waals surface area contributed by atoms with Gasteiger partial charge in [0.05, 0.1) is 10.7 Å². The Morgan fingerprint density at radius 1 is 0.907 bits per heavy atom. The maximum atomic E-state index is 14.6. The maximum absolute atomic E-state index is 14.6. The van der Waals surface area contributed by atoms with Crippen LogP contribution < -0.4 is 15.1 Å². The summed E-state index contributed by atoms with van der Waals surface area (Å²) in [5.41, 5.74) is 5.12. The number of hydrogen-bond acceptors (Lipinski definition) is 4. The third kappa shape index (κ3) is 6.08. The van der Waals surface area contributed by atoms with Crippen LogP contribution in [-0.2, 0) is 11.2 Å². The molecule has 1 saturated heterocycles. The number of aryl methyl sites for hydroxylation is 1. The molecule has 3 aromatic carbocycles. The first-order valence-electron chi connectivity index (χ1n) is 15.1. The predicted molar refractivity (Wildman–Crippen MR) is 174 cm³/mol. The Morgan fingerprint density at radius 2 is 1.60 bits per heavy atom. The fraction of sp³-hybridized carbons (Fsp3) is 0.353. The molecule has 1 aromatic heterocycles. The molecule has 6 rings (SSSR count). The SMILES string of the molecule is CN(C)CC(c1c[nH]c2ccccc12)[C@@H](NC(=O)N1CCN(c2ccccc2Cl)CC1)C(=O)N1CCCc2ccccc21. The summed E-state index contributed by atoms with van der Waals surface area (Å²) in [7, 11) is 4.02. The number of carbonyl (C=O) groups excluding carboxylic acids is 2. The lowest BCUT2D eigenvalue weighted by Gasteiger charge is -2.39. The smallest absolute Gasteiger partial charge is 0.318 e. The molecule has 0 radical (unpaired) electrons. The Morgan fingerprint density at radius 3 is 2.37 bits per heavy atom. The Hall–Kier alpha value is -4.01. The molecule has 3 amide bonds. The Kier molecular flexibility index (Phi) is 8.58. The van der Waals surface area contributed by atoms with Crippen LogP contribution in [-0.4, -0.2) is 86.1 Å². The number of halogens is 1. The molecule has 0 bridgehead atoms. The summed E-state index contributed by atoms with van der Waals surface area (Å²) < 4.78 is 0. The zero-order valence-electron chi connectivity index (χ0n) is 24.8. The Balaban J connectivity index is 1.31. The highest BCUT2D eigenvalue weighted by Crippen LogP contribution is 2.33. The number of para-hydroxylation sites is 3. The molecular formula is C34H39ClN6O2. The van der Waals surface area contributed by atoms with E-state index in [1.807, 2.05) is 90.8 Å². The van der Waals surface area contributed by atoms with Crippen LogP contribution in [0.3, 0.4) is 0 Å². The van der Waals surface area contributed by atoms with Crippen LogP contribution in [0.15, 0.2) is 79.0 Å². The molecule has 9 heteroatoms. The molecule has 4 aromatic rings. The number of nitrogens with zero attached hydrogens (tertiary/aromatic N) is 4. The van der Waals surface area contributed by atoms with Crippen LogP contribution in [0.1, 0.15) is 23.5 Å². The van der Waals surface area contributed by atoms with Crippen molar-refractivity contribution in [1.82, 2.24) is 20.1 Å². The molecule has 0 spiro atoms. The third-order valence-electron chi connectivity index (χ3n) is 8.67. The lowest BCUT2D eigenvalue weighted by Crippen LogP contribution is -2.59. The van der Waals surface area contributed by atoms with Gasteiger partial charge in [0, 0.05) is 68.0 Å². The van der Waals surface area contributed by atoms with Gasteiger partial charge in [0.15, 0.2) is 0 Å². The lowest BCUT2D eigenvalue weighted by atomic mass is 9.88. The van der Waals surface area contributed by atoms with E-state index in [-0.39, 0.29) is 17.9 Å². The number of amides is 3. The highest BCUT2D eigenvalue weighted by Gasteiger charge is 2.38. The lowest BCUT2D eigenvalue weighted by molar-refractivity contribution is -0.121. The van der Waals surface area contributed by atoms with Gasteiger partial charge in [0.25, 0.3) is 0 Å². The monoisotopic (exact) mass is 598 g/mol. The summed E-state index contributed by atoms with van der Waals surface area (Å²) in [5, 5.41) is 5.02. The highest BCUT2D eigenvalue weighted by atomic mass is 35.5. The van der Waals surface area contributed by atoms with Gasteiger partial charge >= 0.3 is 6.03 Å². The number of piperazine rings is 1. The van der Waals surface area contributed by atoms with E-state index in [4.69, 9.17) is 11.6 Å². The summed E-state index contributed by atoms with van der Waals surface area (Å²) in [6.45, 7) is 3.62. The minimum Gasteiger partial charge on any atom is -0.367 e. The minimum absolute atomic E-state index is 0.0765. The van der Waals surface area contributed by atoms with Crippen LogP contribution in [0.25, 0.3) is 10.9 Å². The molecule has 43 heavy (non-hydrogen) atoms. The zero-order chi connectivity index (χ0) is 29.9. The van der Waals surface area contributed by atoms with E-state index in [1.165, 1.54) is 5.56 Å². The number of likely N-dealkylation sites (N-methyl/N-ethyl adjacent to an activating group) is 1. The van der Waals surface area contributed by atoms with E-state index in [9.17, 15) is 9.59 Å². The normalized spacial score (nSPS) is 16.7. The van der Waals surface area contributed by atoms with E-state index in [2.05, 4.69) is 32.2 Å². The molecular weight excluding hydrogens is 560 g/mol. The van der Waals surface area contributed by atoms with E-state index in [1.54, 1.807) is 0 Å². The van der Waals surface area contributed by atoms with Gasteiger partial charge in [-0.1, -0.05) is 60.1 Å². The highest BCUT2D eigenvalue weighted by molar-refractivity contribution is 6.33. The van der Waals surface area contributed by atoms with Crippen molar-refractivity contribution in [1.29, 1.82) is 0 Å². The van der Waals surface area contributed by atoms with Crippen molar-refractivity contribution in [2.75, 3.05) is 63.2 Å². The van der Waals surface area contributed by atoms with E-state index in [0.717, 1.165) is 40.7 Å². The van der Waals surface area contributed by atoms with Crippen LogP contribution in [0.2, 0.25) is 5.02 Å². The average Bonchev–Trinajstić information content (AvgIpc) is 3.46.